The van der Waals surface area contributed by atoms with Crippen LogP contribution in [0.5, 0.6) is 0 Å². The third kappa shape index (κ3) is 5.04. The molecule has 5 rings (SSSR count). The zero-order chi connectivity index (χ0) is 26.4. The maximum atomic E-state index is 14.8. The van der Waals surface area contributed by atoms with Crippen LogP contribution in [0.25, 0.3) is 5.69 Å². The SMILES string of the molecule is CCC(=O)OCc1cccc(F)c1-n1cc(CN2CCC3(CC2)OCC(F)(F)c2cc(Cl)sc23)c(C)n1. The first-order valence-electron chi connectivity index (χ1n) is 12.1. The molecule has 4 heterocycles. The molecule has 0 saturated carbocycles. The van der Waals surface area contributed by atoms with E-state index in [0.29, 0.717) is 47.3 Å². The number of thiophene rings is 1. The summed E-state index contributed by atoms with van der Waals surface area (Å²) in [5.41, 5.74) is 1.68. The number of fused-ring (bicyclic) bond motifs is 2. The quantitative estimate of drug-likeness (QED) is 0.345. The van der Waals surface area contributed by atoms with Gasteiger partial charge < -0.3 is 9.47 Å². The summed E-state index contributed by atoms with van der Waals surface area (Å²) in [7, 11) is 0. The first kappa shape index (κ1) is 26.2. The Kier molecular flexibility index (Phi) is 7.12. The summed E-state index contributed by atoms with van der Waals surface area (Å²) in [6, 6.07) is 6.00. The van der Waals surface area contributed by atoms with Crippen LogP contribution in [-0.4, -0.2) is 40.3 Å². The predicted octanol–water partition coefficient (Wildman–Crippen LogP) is 6.10. The number of hydrogen-bond donors (Lipinski definition) is 0. The summed E-state index contributed by atoms with van der Waals surface area (Å²) in [5, 5.41) is 4.54. The number of halogens is 4. The molecule has 11 heteroatoms. The van der Waals surface area contributed by atoms with Crippen molar-refractivity contribution >= 4 is 28.9 Å². The van der Waals surface area contributed by atoms with Crippen molar-refractivity contribution in [3.8, 4) is 5.69 Å². The van der Waals surface area contributed by atoms with Gasteiger partial charge in [-0.2, -0.15) is 13.9 Å². The molecule has 1 spiro atoms. The molecule has 37 heavy (non-hydrogen) atoms. The fourth-order valence-corrected chi connectivity index (χ4v) is 6.47. The molecular weight excluding hydrogens is 527 g/mol. The minimum Gasteiger partial charge on any atom is -0.461 e. The topological polar surface area (TPSA) is 56.6 Å². The smallest absolute Gasteiger partial charge is 0.305 e. The maximum Gasteiger partial charge on any atom is 0.305 e. The number of nitrogens with zero attached hydrogens (tertiary/aromatic N) is 3. The minimum atomic E-state index is -3.03. The third-order valence-electron chi connectivity index (χ3n) is 7.07. The molecule has 2 aromatic heterocycles. The Morgan fingerprint density at radius 3 is 2.76 bits per heavy atom. The van der Waals surface area contributed by atoms with Crippen molar-refractivity contribution in [3.05, 3.63) is 67.9 Å². The van der Waals surface area contributed by atoms with Crippen LogP contribution in [0.2, 0.25) is 4.34 Å². The van der Waals surface area contributed by atoms with Gasteiger partial charge in [0, 0.05) is 53.8 Å². The lowest BCUT2D eigenvalue weighted by Gasteiger charge is -2.45. The van der Waals surface area contributed by atoms with E-state index in [1.54, 1.807) is 25.3 Å². The second kappa shape index (κ2) is 10.1. The van der Waals surface area contributed by atoms with Crippen molar-refractivity contribution in [1.29, 1.82) is 0 Å². The molecule has 0 aliphatic carbocycles. The first-order valence-corrected chi connectivity index (χ1v) is 13.3. The second-order valence-corrected chi connectivity index (χ2v) is 11.2. The molecule has 1 fully saturated rings. The van der Waals surface area contributed by atoms with Gasteiger partial charge in [-0.15, -0.1) is 11.3 Å². The van der Waals surface area contributed by atoms with Crippen molar-refractivity contribution in [3.63, 3.8) is 0 Å². The zero-order valence-corrected chi connectivity index (χ0v) is 22.1. The number of alkyl halides is 2. The number of ether oxygens (including phenoxy) is 2. The summed E-state index contributed by atoms with van der Waals surface area (Å²) in [4.78, 5) is 14.4. The average molecular weight is 554 g/mol. The van der Waals surface area contributed by atoms with E-state index in [4.69, 9.17) is 21.1 Å². The van der Waals surface area contributed by atoms with E-state index in [0.717, 1.165) is 11.3 Å². The van der Waals surface area contributed by atoms with Crippen LogP contribution in [0.1, 0.15) is 53.4 Å². The van der Waals surface area contributed by atoms with Crippen LogP contribution < -0.4 is 0 Å². The predicted molar refractivity (Wildman–Crippen MR) is 134 cm³/mol. The molecule has 1 aromatic carbocycles. The Morgan fingerprint density at radius 2 is 2.03 bits per heavy atom. The van der Waals surface area contributed by atoms with Crippen LogP contribution in [0.4, 0.5) is 13.2 Å². The van der Waals surface area contributed by atoms with Gasteiger partial charge in [0.25, 0.3) is 5.92 Å². The number of piperidine rings is 1. The van der Waals surface area contributed by atoms with Crippen LogP contribution >= 0.6 is 22.9 Å². The van der Waals surface area contributed by atoms with Crippen molar-refractivity contribution in [2.75, 3.05) is 19.7 Å². The highest BCUT2D eigenvalue weighted by molar-refractivity contribution is 7.16. The normalized spacial score (nSPS) is 18.6. The van der Waals surface area contributed by atoms with Gasteiger partial charge in [0.05, 0.1) is 10.0 Å². The van der Waals surface area contributed by atoms with Gasteiger partial charge in [0.2, 0.25) is 0 Å². The van der Waals surface area contributed by atoms with Crippen molar-refractivity contribution in [1.82, 2.24) is 14.7 Å². The molecule has 3 aromatic rings. The molecule has 6 nitrogen and oxygen atoms in total. The highest BCUT2D eigenvalue weighted by Crippen LogP contribution is 2.52. The van der Waals surface area contributed by atoms with E-state index in [-0.39, 0.29) is 30.2 Å². The van der Waals surface area contributed by atoms with Crippen LogP contribution in [-0.2, 0) is 38.9 Å². The Balaban J connectivity index is 1.31. The first-order chi connectivity index (χ1) is 17.6. The lowest BCUT2D eigenvalue weighted by Crippen LogP contribution is -2.48. The number of aryl methyl sites for hydroxylation is 1. The second-order valence-electron chi connectivity index (χ2n) is 9.50. The fourth-order valence-electron chi connectivity index (χ4n) is 4.99. The molecular formula is C26H27ClF3N3O3S. The standard InChI is InChI=1S/C26H27ClF3N3O3S/c1-3-22(34)35-14-17-5-4-6-20(28)23(17)33-13-18(16(2)31-33)12-32-9-7-25(8-10-32)24-19(11-21(27)37-24)26(29,30)15-36-25/h4-6,11,13H,3,7-10,12,14-15H2,1-2H3. The molecule has 2 aliphatic heterocycles. The van der Waals surface area contributed by atoms with Crippen LogP contribution in [0, 0.1) is 12.7 Å². The lowest BCUT2D eigenvalue weighted by molar-refractivity contribution is -0.182. The van der Waals surface area contributed by atoms with Crippen LogP contribution in [0.3, 0.4) is 0 Å². The van der Waals surface area contributed by atoms with Gasteiger partial charge >= 0.3 is 5.97 Å². The molecule has 198 valence electrons. The summed E-state index contributed by atoms with van der Waals surface area (Å²) in [6.07, 6.45) is 3.17. The Bertz CT molecular complexity index is 1320. The Morgan fingerprint density at radius 1 is 1.27 bits per heavy atom. The summed E-state index contributed by atoms with van der Waals surface area (Å²) >= 11 is 7.29. The summed E-state index contributed by atoms with van der Waals surface area (Å²) in [6.45, 7) is 4.73. The van der Waals surface area contributed by atoms with Gasteiger partial charge in [-0.05, 0) is 31.9 Å². The molecule has 0 amide bonds. The number of para-hydroxylation sites is 1. The number of benzene rings is 1. The number of hydrogen-bond acceptors (Lipinski definition) is 6. The average Bonchev–Trinajstić information content (AvgIpc) is 3.45. The zero-order valence-electron chi connectivity index (χ0n) is 20.5. The number of carbonyl (C=O) groups excluding carboxylic acids is 1. The van der Waals surface area contributed by atoms with E-state index in [9.17, 15) is 18.0 Å². The van der Waals surface area contributed by atoms with Gasteiger partial charge in [0.1, 0.15) is 30.3 Å². The van der Waals surface area contributed by atoms with E-state index in [2.05, 4.69) is 10.00 Å². The molecule has 0 N–H and O–H groups in total. The van der Waals surface area contributed by atoms with Crippen molar-refractivity contribution < 1.29 is 27.4 Å². The summed E-state index contributed by atoms with van der Waals surface area (Å²) < 4.78 is 56.5. The lowest BCUT2D eigenvalue weighted by atomic mass is 9.84. The molecule has 0 radical (unpaired) electrons. The Hall–Kier alpha value is -2.40. The number of carbonyl (C=O) groups is 1. The highest BCUT2D eigenvalue weighted by atomic mass is 35.5. The van der Waals surface area contributed by atoms with Gasteiger partial charge in [0.15, 0.2) is 0 Å². The maximum absolute atomic E-state index is 14.8. The van der Waals surface area contributed by atoms with Gasteiger partial charge in [-0.3, -0.25) is 9.69 Å². The molecule has 0 atom stereocenters. The fraction of sp³-hybridized carbons (Fsp3) is 0.462. The highest BCUT2D eigenvalue weighted by Gasteiger charge is 2.51. The molecule has 2 aliphatic rings. The van der Waals surface area contributed by atoms with E-state index in [1.165, 1.54) is 28.2 Å². The van der Waals surface area contributed by atoms with E-state index < -0.39 is 23.9 Å². The summed E-state index contributed by atoms with van der Waals surface area (Å²) in [5.74, 6) is -3.86. The van der Waals surface area contributed by atoms with E-state index >= 15 is 0 Å². The number of aromatic nitrogens is 2. The van der Waals surface area contributed by atoms with E-state index in [1.807, 2.05) is 6.92 Å². The molecule has 0 bridgehead atoms. The number of likely N-dealkylation sites (tertiary alicyclic amines) is 1. The number of rotatable bonds is 6. The minimum absolute atomic E-state index is 0.00960. The monoisotopic (exact) mass is 553 g/mol. The largest absolute Gasteiger partial charge is 0.461 e. The third-order valence-corrected chi connectivity index (χ3v) is 8.52. The molecule has 1 saturated heterocycles. The Labute approximate surface area is 221 Å². The molecule has 0 unspecified atom stereocenters. The van der Waals surface area contributed by atoms with Crippen LogP contribution in [0.15, 0.2) is 30.5 Å². The number of esters is 1. The van der Waals surface area contributed by atoms with Crippen molar-refractivity contribution in [2.45, 2.75) is 57.8 Å². The van der Waals surface area contributed by atoms with Gasteiger partial charge in [-0.1, -0.05) is 30.7 Å². The van der Waals surface area contributed by atoms with Crippen molar-refractivity contribution in [2.24, 2.45) is 0 Å². The van der Waals surface area contributed by atoms with Gasteiger partial charge in [-0.25, -0.2) is 9.07 Å².